The number of carbonyl (C=O) groups is 1. The molecule has 1 N–H and O–H groups in total. The molecule has 0 aliphatic heterocycles. The Hall–Kier alpha value is -2.47. The van der Waals surface area contributed by atoms with Gasteiger partial charge in [-0.05, 0) is 25.7 Å². The van der Waals surface area contributed by atoms with Gasteiger partial charge >= 0.3 is 0 Å². The van der Waals surface area contributed by atoms with Crippen LogP contribution in [-0.4, -0.2) is 26.5 Å². The van der Waals surface area contributed by atoms with E-state index in [0.717, 1.165) is 35.7 Å². The summed E-state index contributed by atoms with van der Waals surface area (Å²) < 4.78 is 2.10. The van der Waals surface area contributed by atoms with Crippen LogP contribution in [0, 0.1) is 12.8 Å². The summed E-state index contributed by atoms with van der Waals surface area (Å²) in [6.07, 6.45) is 7.66. The van der Waals surface area contributed by atoms with Gasteiger partial charge in [-0.3, -0.25) is 4.79 Å². The summed E-state index contributed by atoms with van der Waals surface area (Å²) in [5.74, 6) is 0.604. The largest absolute Gasteiger partial charge is 0.349 e. The maximum absolute atomic E-state index is 12.7. The third-order valence-electron chi connectivity index (χ3n) is 4.59. The molecule has 0 bridgehead atoms. The molecule has 3 aromatic rings. The average molecular weight is 352 g/mol. The van der Waals surface area contributed by atoms with E-state index in [2.05, 4.69) is 19.9 Å². The number of rotatable bonds is 5. The van der Waals surface area contributed by atoms with Crippen molar-refractivity contribution in [2.24, 2.45) is 5.92 Å². The third kappa shape index (κ3) is 3.49. The van der Waals surface area contributed by atoms with Gasteiger partial charge in [-0.15, -0.1) is 11.3 Å². The summed E-state index contributed by atoms with van der Waals surface area (Å²) in [5, 5.41) is 4.08. The van der Waals surface area contributed by atoms with Crippen LogP contribution < -0.4 is 5.32 Å². The van der Waals surface area contributed by atoms with Crippen LogP contribution >= 0.6 is 11.3 Å². The first-order valence-electron chi connectivity index (χ1n) is 8.48. The first-order valence-corrected chi connectivity index (χ1v) is 9.30. The molecular formula is C19H20N4OS. The number of carbonyl (C=O) groups excluding carboxylic acids is 1. The molecule has 25 heavy (non-hydrogen) atoms. The molecule has 2 aromatic heterocycles. The lowest BCUT2D eigenvalue weighted by Crippen LogP contribution is -2.45. The molecule has 1 aliphatic rings. The molecular weight excluding hydrogens is 332 g/mol. The van der Waals surface area contributed by atoms with Gasteiger partial charge in [-0.2, -0.15) is 0 Å². The fourth-order valence-electron chi connectivity index (χ4n) is 3.32. The van der Waals surface area contributed by atoms with E-state index >= 15 is 0 Å². The van der Waals surface area contributed by atoms with Gasteiger partial charge < -0.3 is 9.88 Å². The normalized spacial score (nSPS) is 19.4. The molecule has 6 heteroatoms. The van der Waals surface area contributed by atoms with Crippen molar-refractivity contribution in [2.75, 3.05) is 0 Å². The van der Waals surface area contributed by atoms with Crippen LogP contribution in [0.4, 0.5) is 0 Å². The van der Waals surface area contributed by atoms with Gasteiger partial charge in [0.05, 0.1) is 17.0 Å². The number of benzene rings is 1. The third-order valence-corrected chi connectivity index (χ3v) is 5.56. The Kier molecular flexibility index (Phi) is 4.36. The van der Waals surface area contributed by atoms with E-state index in [1.807, 2.05) is 49.8 Å². The number of hydrogen-bond acceptors (Lipinski definition) is 4. The van der Waals surface area contributed by atoms with Crippen LogP contribution in [-0.2, 0) is 6.54 Å². The topological polar surface area (TPSA) is 59.8 Å². The summed E-state index contributed by atoms with van der Waals surface area (Å²) in [5.41, 5.74) is 1.78. The molecule has 1 saturated carbocycles. The van der Waals surface area contributed by atoms with Gasteiger partial charge in [-0.25, -0.2) is 9.97 Å². The number of amides is 1. The molecule has 0 unspecified atom stereocenters. The van der Waals surface area contributed by atoms with Crippen LogP contribution in [0.5, 0.6) is 0 Å². The number of aromatic nitrogens is 3. The predicted octanol–water partition coefficient (Wildman–Crippen LogP) is 3.52. The van der Waals surface area contributed by atoms with Gasteiger partial charge in [0, 0.05) is 30.5 Å². The van der Waals surface area contributed by atoms with Crippen LogP contribution in [0.1, 0.15) is 27.5 Å². The lowest BCUT2D eigenvalue weighted by atomic mass is 9.80. The van der Waals surface area contributed by atoms with Gasteiger partial charge in [0.2, 0.25) is 0 Å². The highest BCUT2D eigenvalue weighted by Crippen LogP contribution is 2.31. The van der Waals surface area contributed by atoms with Crippen molar-refractivity contribution in [2.45, 2.75) is 32.4 Å². The van der Waals surface area contributed by atoms with Gasteiger partial charge in [0.15, 0.2) is 0 Å². The molecule has 1 aliphatic carbocycles. The Labute approximate surface area is 150 Å². The fourth-order valence-corrected chi connectivity index (χ4v) is 4.16. The lowest BCUT2D eigenvalue weighted by molar-refractivity contribution is 0.0886. The number of thiazole rings is 1. The number of nitrogens with one attached hydrogen (secondary N) is 1. The molecule has 4 rings (SSSR count). The molecule has 1 fully saturated rings. The first kappa shape index (κ1) is 16.0. The second-order valence-corrected chi connectivity index (χ2v) is 7.75. The van der Waals surface area contributed by atoms with Gasteiger partial charge in [-0.1, -0.05) is 30.3 Å². The number of imidazole rings is 1. The zero-order valence-electron chi connectivity index (χ0n) is 14.1. The SMILES string of the molecule is Cc1nc(-c2ccccc2)c(C(=O)NC2CC(Cn3ccnc3)C2)s1. The summed E-state index contributed by atoms with van der Waals surface area (Å²) in [6.45, 7) is 2.92. The van der Waals surface area contributed by atoms with E-state index in [9.17, 15) is 4.79 Å². The minimum atomic E-state index is -0.00414. The van der Waals surface area contributed by atoms with E-state index in [0.29, 0.717) is 10.8 Å². The van der Waals surface area contributed by atoms with Crippen molar-refractivity contribution >= 4 is 17.2 Å². The van der Waals surface area contributed by atoms with Gasteiger partial charge in [0.1, 0.15) is 4.88 Å². The quantitative estimate of drug-likeness (QED) is 0.764. The molecule has 1 amide bonds. The maximum atomic E-state index is 12.7. The number of aryl methyl sites for hydroxylation is 1. The number of nitrogens with zero attached hydrogens (tertiary/aromatic N) is 3. The maximum Gasteiger partial charge on any atom is 0.263 e. The highest BCUT2D eigenvalue weighted by molar-refractivity contribution is 7.14. The second kappa shape index (κ2) is 6.80. The Balaban J connectivity index is 1.39. The van der Waals surface area contributed by atoms with Crippen molar-refractivity contribution in [1.82, 2.24) is 19.9 Å². The Bertz CT molecular complexity index is 851. The van der Waals surface area contributed by atoms with Crippen molar-refractivity contribution in [3.8, 4) is 11.3 Å². The van der Waals surface area contributed by atoms with Gasteiger partial charge in [0.25, 0.3) is 5.91 Å². The van der Waals surface area contributed by atoms with E-state index in [1.54, 1.807) is 6.20 Å². The molecule has 0 saturated heterocycles. The zero-order valence-corrected chi connectivity index (χ0v) is 14.9. The van der Waals surface area contributed by atoms with Crippen molar-refractivity contribution < 1.29 is 4.79 Å². The van der Waals surface area contributed by atoms with Crippen LogP contribution in [0.2, 0.25) is 0 Å². The molecule has 0 radical (unpaired) electrons. The summed E-state index contributed by atoms with van der Waals surface area (Å²) in [7, 11) is 0. The van der Waals surface area contributed by atoms with Crippen molar-refractivity contribution in [3.63, 3.8) is 0 Å². The molecule has 128 valence electrons. The summed E-state index contributed by atoms with van der Waals surface area (Å²) in [4.78, 5) is 22.1. The molecule has 5 nitrogen and oxygen atoms in total. The van der Waals surface area contributed by atoms with Crippen molar-refractivity contribution in [1.29, 1.82) is 0 Å². The monoisotopic (exact) mass is 352 g/mol. The Morgan fingerprint density at radius 2 is 2.12 bits per heavy atom. The standard InChI is InChI=1S/C19H20N4OS/c1-13-21-17(15-5-3-2-4-6-15)18(25-13)19(24)22-16-9-14(10-16)11-23-8-7-20-12-23/h2-8,12,14,16H,9-11H2,1H3,(H,22,24). The number of hydrogen-bond donors (Lipinski definition) is 1. The molecule has 0 atom stereocenters. The molecule has 0 spiro atoms. The van der Waals surface area contributed by atoms with E-state index < -0.39 is 0 Å². The van der Waals surface area contributed by atoms with E-state index in [-0.39, 0.29) is 11.9 Å². The minimum Gasteiger partial charge on any atom is -0.349 e. The first-order chi connectivity index (χ1) is 12.2. The van der Waals surface area contributed by atoms with E-state index in [4.69, 9.17) is 0 Å². The summed E-state index contributed by atoms with van der Waals surface area (Å²) >= 11 is 1.46. The molecule has 2 heterocycles. The van der Waals surface area contributed by atoms with Crippen LogP contribution in [0.15, 0.2) is 49.1 Å². The Morgan fingerprint density at radius 3 is 2.84 bits per heavy atom. The minimum absolute atomic E-state index is 0.00414. The fraction of sp³-hybridized carbons (Fsp3) is 0.316. The lowest BCUT2D eigenvalue weighted by Gasteiger charge is -2.35. The summed E-state index contributed by atoms with van der Waals surface area (Å²) in [6, 6.07) is 10.2. The second-order valence-electron chi connectivity index (χ2n) is 6.54. The van der Waals surface area contributed by atoms with Crippen molar-refractivity contribution in [3.05, 3.63) is 58.9 Å². The highest BCUT2D eigenvalue weighted by atomic mass is 32.1. The molecule has 1 aromatic carbocycles. The average Bonchev–Trinajstić information content (AvgIpc) is 3.23. The van der Waals surface area contributed by atoms with E-state index in [1.165, 1.54) is 11.3 Å². The highest BCUT2D eigenvalue weighted by Gasteiger charge is 2.31. The zero-order chi connectivity index (χ0) is 17.2. The predicted molar refractivity (Wildman–Crippen MR) is 98.5 cm³/mol. The van der Waals surface area contributed by atoms with Crippen LogP contribution in [0.25, 0.3) is 11.3 Å². The van der Waals surface area contributed by atoms with Crippen LogP contribution in [0.3, 0.4) is 0 Å². The smallest absolute Gasteiger partial charge is 0.263 e. The Morgan fingerprint density at radius 1 is 1.32 bits per heavy atom.